The largest absolute Gasteiger partial charge is 0.510 e. The molecule has 2 unspecified atom stereocenters. The second-order valence-corrected chi connectivity index (χ2v) is 9.81. The number of oxazole rings is 1. The van der Waals surface area contributed by atoms with Gasteiger partial charge in [0.25, 0.3) is 5.91 Å². The van der Waals surface area contributed by atoms with E-state index in [4.69, 9.17) is 10.2 Å². The highest BCUT2D eigenvalue weighted by molar-refractivity contribution is 6.25. The molecule has 0 saturated carbocycles. The van der Waals surface area contributed by atoms with Crippen molar-refractivity contribution in [3.8, 4) is 0 Å². The number of allylic oxidation sites excluding steroid dienone is 1. The Labute approximate surface area is 200 Å². The highest BCUT2D eigenvalue weighted by Gasteiger charge is 2.63. The Morgan fingerprint density at radius 2 is 1.91 bits per heavy atom. The molecule has 0 bridgehead atoms. The first kappa shape index (κ1) is 23.1. The molecule has 1 aromatic carbocycles. The van der Waals surface area contributed by atoms with E-state index in [9.17, 15) is 29.7 Å². The topological polar surface area (TPSA) is 170 Å². The summed E-state index contributed by atoms with van der Waals surface area (Å²) in [5.41, 5.74) is 4.24. The molecule has 0 saturated heterocycles. The number of nitrogens with zero attached hydrogens (tertiary/aromatic N) is 3. The predicted molar refractivity (Wildman–Crippen MR) is 124 cm³/mol. The molecular formula is C24H26N4O7. The number of hydrogen-bond donors (Lipinski definition) is 4. The number of primary amides is 1. The summed E-state index contributed by atoms with van der Waals surface area (Å²) in [6.07, 6.45) is 1.63. The smallest absolute Gasteiger partial charge is 0.255 e. The number of Topliss-reactive ketones (excluding diaryl/α,β-unsaturated/α-hetero) is 2. The Bertz CT molecular complexity index is 1390. The van der Waals surface area contributed by atoms with Crippen molar-refractivity contribution in [1.29, 1.82) is 0 Å². The van der Waals surface area contributed by atoms with E-state index in [0.717, 1.165) is 5.69 Å². The van der Waals surface area contributed by atoms with Crippen molar-refractivity contribution in [3.05, 3.63) is 46.3 Å². The number of anilines is 1. The summed E-state index contributed by atoms with van der Waals surface area (Å²) in [6.45, 7) is 0. The molecule has 1 aromatic heterocycles. The van der Waals surface area contributed by atoms with Gasteiger partial charge in [0.05, 0.1) is 11.6 Å². The minimum atomic E-state index is -2.61. The van der Waals surface area contributed by atoms with E-state index in [1.165, 1.54) is 6.39 Å². The molecule has 1 amide bonds. The average molecular weight is 482 g/mol. The van der Waals surface area contributed by atoms with E-state index < -0.39 is 58.0 Å². The Balaban J connectivity index is 1.78. The van der Waals surface area contributed by atoms with Gasteiger partial charge in [-0.3, -0.25) is 19.3 Å². The fourth-order valence-electron chi connectivity index (χ4n) is 6.02. The highest BCUT2D eigenvalue weighted by Crippen LogP contribution is 2.52. The van der Waals surface area contributed by atoms with Gasteiger partial charge in [0.2, 0.25) is 5.78 Å². The summed E-state index contributed by atoms with van der Waals surface area (Å²) < 4.78 is 5.51. The minimum absolute atomic E-state index is 0.0903. The van der Waals surface area contributed by atoms with Gasteiger partial charge < -0.3 is 30.4 Å². The van der Waals surface area contributed by atoms with Crippen LogP contribution in [0.25, 0.3) is 11.1 Å². The molecule has 0 spiro atoms. The number of amides is 1. The van der Waals surface area contributed by atoms with Gasteiger partial charge in [0.15, 0.2) is 23.4 Å². The van der Waals surface area contributed by atoms with Crippen molar-refractivity contribution < 1.29 is 34.1 Å². The van der Waals surface area contributed by atoms with Crippen LogP contribution < -0.4 is 10.6 Å². The second kappa shape index (κ2) is 7.40. The third-order valence-corrected chi connectivity index (χ3v) is 7.50. The third kappa shape index (κ3) is 2.85. The van der Waals surface area contributed by atoms with Crippen molar-refractivity contribution in [3.63, 3.8) is 0 Å². The highest BCUT2D eigenvalue weighted by atomic mass is 16.4. The first-order valence-corrected chi connectivity index (χ1v) is 11.1. The number of nitrogens with two attached hydrogens (primary N) is 1. The van der Waals surface area contributed by atoms with Crippen LogP contribution in [0, 0.1) is 11.8 Å². The number of likely N-dealkylation sites (N-methyl/N-ethyl adjacent to an activating group) is 1. The standard InChI is InChI=1S/C24H26N4O7/c1-27(2)13-7-12-20(35-8-26-12)15-10(13)5-9-6-11-17(28(3)4)19(30)16(23(25)33)22(32)24(11,34)21(31)14(9)18(15)29/h7-9,11,17,30-31,34H,5-6H2,1-4H3,(H2,25,33)/t9?,11?,17-,24-/m0/s1. The summed E-state index contributed by atoms with van der Waals surface area (Å²) in [5.74, 6) is -6.01. The van der Waals surface area contributed by atoms with Crippen LogP contribution in [0.5, 0.6) is 0 Å². The van der Waals surface area contributed by atoms with Crippen molar-refractivity contribution >= 4 is 34.3 Å². The number of fused-ring (bicyclic) bond motifs is 5. The number of aliphatic hydroxyl groups excluding tert-OH is 2. The fraction of sp³-hybridized carbons (Fsp3) is 0.417. The Morgan fingerprint density at radius 1 is 1.23 bits per heavy atom. The molecule has 35 heavy (non-hydrogen) atoms. The second-order valence-electron chi connectivity index (χ2n) is 9.81. The molecule has 11 nitrogen and oxygen atoms in total. The molecule has 0 fully saturated rings. The van der Waals surface area contributed by atoms with Crippen LogP contribution >= 0.6 is 0 Å². The molecule has 2 aromatic rings. The van der Waals surface area contributed by atoms with Gasteiger partial charge in [-0.2, -0.15) is 0 Å². The first-order chi connectivity index (χ1) is 16.4. The molecule has 5 N–H and O–H groups in total. The summed E-state index contributed by atoms with van der Waals surface area (Å²) in [7, 11) is 6.89. The zero-order valence-electron chi connectivity index (χ0n) is 19.7. The Hall–Kier alpha value is -3.70. The van der Waals surface area contributed by atoms with Crippen LogP contribution in [-0.2, 0) is 16.0 Å². The van der Waals surface area contributed by atoms with E-state index >= 15 is 0 Å². The first-order valence-electron chi connectivity index (χ1n) is 11.1. The fourth-order valence-corrected chi connectivity index (χ4v) is 6.02. The number of carbonyl (C=O) groups excluding carboxylic acids is 3. The molecule has 0 radical (unpaired) electrons. The maximum atomic E-state index is 13.9. The van der Waals surface area contributed by atoms with Crippen LogP contribution in [-0.4, -0.2) is 82.5 Å². The normalized spacial score (nSPS) is 28.3. The van der Waals surface area contributed by atoms with Crippen LogP contribution in [0.1, 0.15) is 22.3 Å². The maximum absolute atomic E-state index is 13.9. The van der Waals surface area contributed by atoms with Gasteiger partial charge in [-0.05, 0) is 44.5 Å². The lowest BCUT2D eigenvalue weighted by Gasteiger charge is -2.50. The van der Waals surface area contributed by atoms with Gasteiger partial charge in [-0.25, -0.2) is 4.98 Å². The van der Waals surface area contributed by atoms with Crippen LogP contribution in [0.15, 0.2) is 39.5 Å². The quantitative estimate of drug-likeness (QED) is 0.455. The van der Waals surface area contributed by atoms with Gasteiger partial charge in [0.1, 0.15) is 22.6 Å². The van der Waals surface area contributed by atoms with Crippen molar-refractivity contribution in [2.24, 2.45) is 17.6 Å². The van der Waals surface area contributed by atoms with Crippen LogP contribution in [0.4, 0.5) is 5.69 Å². The molecule has 11 heteroatoms. The summed E-state index contributed by atoms with van der Waals surface area (Å²) >= 11 is 0. The number of rotatable bonds is 3. The molecular weight excluding hydrogens is 456 g/mol. The van der Waals surface area contributed by atoms with E-state index in [1.54, 1.807) is 19.0 Å². The SMILES string of the molecule is CN(C)c1cc2ncoc2c2c1CC1CC3[C@H](N(C)C)C(O)=C(C(N)=O)C(=O)[C@@]3(O)C(O)=C1C2=O. The number of aromatic nitrogens is 1. The minimum Gasteiger partial charge on any atom is -0.510 e. The lowest BCUT2D eigenvalue weighted by molar-refractivity contribution is -0.148. The van der Waals surface area contributed by atoms with E-state index in [-0.39, 0.29) is 23.1 Å². The monoisotopic (exact) mass is 482 g/mol. The van der Waals surface area contributed by atoms with Crippen molar-refractivity contribution in [1.82, 2.24) is 9.88 Å². The van der Waals surface area contributed by atoms with Gasteiger partial charge in [0, 0.05) is 31.3 Å². The number of carbonyl (C=O) groups is 3. The van der Waals surface area contributed by atoms with Gasteiger partial charge >= 0.3 is 0 Å². The molecule has 0 aliphatic heterocycles. The Morgan fingerprint density at radius 3 is 2.51 bits per heavy atom. The maximum Gasteiger partial charge on any atom is 0.255 e. The zero-order valence-corrected chi connectivity index (χ0v) is 19.7. The van der Waals surface area contributed by atoms with E-state index in [0.29, 0.717) is 17.5 Å². The summed E-state index contributed by atoms with van der Waals surface area (Å²) in [4.78, 5) is 46.8. The summed E-state index contributed by atoms with van der Waals surface area (Å²) in [5, 5.41) is 33.9. The molecule has 4 atom stereocenters. The molecule has 3 aliphatic rings. The molecule has 1 heterocycles. The van der Waals surface area contributed by atoms with E-state index in [2.05, 4.69) is 4.98 Å². The zero-order chi connectivity index (χ0) is 25.6. The lowest BCUT2D eigenvalue weighted by Crippen LogP contribution is -2.63. The van der Waals surface area contributed by atoms with E-state index in [1.807, 2.05) is 25.1 Å². The number of hydrogen-bond acceptors (Lipinski definition) is 10. The van der Waals surface area contributed by atoms with Gasteiger partial charge in [-0.1, -0.05) is 0 Å². The number of aliphatic hydroxyl groups is 3. The van der Waals surface area contributed by atoms with Crippen molar-refractivity contribution in [2.75, 3.05) is 33.1 Å². The molecule has 184 valence electrons. The number of ketones is 2. The number of benzene rings is 1. The van der Waals surface area contributed by atoms with Crippen LogP contribution in [0.3, 0.4) is 0 Å². The third-order valence-electron chi connectivity index (χ3n) is 7.50. The van der Waals surface area contributed by atoms with Crippen molar-refractivity contribution in [2.45, 2.75) is 24.5 Å². The van der Waals surface area contributed by atoms with Gasteiger partial charge in [-0.15, -0.1) is 0 Å². The lowest BCUT2D eigenvalue weighted by atomic mass is 9.58. The Kier molecular flexibility index (Phi) is 4.87. The average Bonchev–Trinajstić information content (AvgIpc) is 3.23. The molecule has 3 aliphatic carbocycles. The summed E-state index contributed by atoms with van der Waals surface area (Å²) in [6, 6.07) is 0.824. The van der Waals surface area contributed by atoms with Crippen LogP contribution in [0.2, 0.25) is 0 Å². The predicted octanol–water partition coefficient (Wildman–Crippen LogP) is 0.622. The molecule has 5 rings (SSSR count).